The molecule has 0 spiro atoms. The van der Waals surface area contributed by atoms with Crippen LogP contribution >= 0.6 is 11.6 Å². The number of aromatic nitrogens is 4. The van der Waals surface area contributed by atoms with Crippen molar-refractivity contribution < 1.29 is 4.52 Å². The van der Waals surface area contributed by atoms with E-state index in [2.05, 4.69) is 25.5 Å². The average molecular weight is 359 g/mol. The van der Waals surface area contributed by atoms with E-state index in [4.69, 9.17) is 16.1 Å². The summed E-state index contributed by atoms with van der Waals surface area (Å²) < 4.78 is 7.18. The first-order chi connectivity index (χ1) is 12.2. The van der Waals surface area contributed by atoms with Crippen LogP contribution in [-0.2, 0) is 7.05 Å². The van der Waals surface area contributed by atoms with Gasteiger partial charge in [-0.1, -0.05) is 28.9 Å². The number of halogens is 1. The Morgan fingerprint density at radius 2 is 2.28 bits per heavy atom. The van der Waals surface area contributed by atoms with Gasteiger partial charge in [0.2, 0.25) is 5.82 Å². The van der Waals surface area contributed by atoms with E-state index < -0.39 is 0 Å². The third-order valence-corrected chi connectivity index (χ3v) is 4.55. The number of hydrogen-bond acceptors (Lipinski definition) is 6. The number of hydrogen-bond donors (Lipinski definition) is 1. The lowest BCUT2D eigenvalue weighted by Gasteiger charge is -2.33. The van der Waals surface area contributed by atoms with Crippen molar-refractivity contribution in [2.75, 3.05) is 23.3 Å². The number of rotatable bonds is 4. The maximum absolute atomic E-state index is 6.02. The predicted octanol–water partition coefficient (Wildman–Crippen LogP) is 3.20. The Bertz CT molecular complexity index is 860. The van der Waals surface area contributed by atoms with Crippen LogP contribution in [0, 0.1) is 0 Å². The molecule has 2 aromatic heterocycles. The van der Waals surface area contributed by atoms with Gasteiger partial charge in [0.15, 0.2) is 0 Å². The molecular formula is C17H19ClN6O. The summed E-state index contributed by atoms with van der Waals surface area (Å²) in [5, 5.41) is 12.3. The van der Waals surface area contributed by atoms with Gasteiger partial charge >= 0.3 is 6.01 Å². The van der Waals surface area contributed by atoms with Gasteiger partial charge in [-0.15, -0.1) is 0 Å². The summed E-state index contributed by atoms with van der Waals surface area (Å²) in [5.41, 5.74) is 1.98. The van der Waals surface area contributed by atoms with Crippen molar-refractivity contribution in [2.45, 2.75) is 18.9 Å². The van der Waals surface area contributed by atoms with Crippen molar-refractivity contribution in [3.8, 4) is 11.4 Å². The molecule has 1 unspecified atom stereocenters. The van der Waals surface area contributed by atoms with Gasteiger partial charge in [0.1, 0.15) is 0 Å². The van der Waals surface area contributed by atoms with E-state index in [1.807, 2.05) is 48.4 Å². The third-order valence-electron chi connectivity index (χ3n) is 4.31. The molecule has 1 fully saturated rings. The van der Waals surface area contributed by atoms with Crippen LogP contribution in [0.5, 0.6) is 0 Å². The summed E-state index contributed by atoms with van der Waals surface area (Å²) >= 11 is 6.02. The lowest BCUT2D eigenvalue weighted by molar-refractivity contribution is 0.420. The Morgan fingerprint density at radius 3 is 3.08 bits per heavy atom. The summed E-state index contributed by atoms with van der Waals surface area (Å²) in [6.07, 6.45) is 6.09. The van der Waals surface area contributed by atoms with E-state index in [1.165, 1.54) is 0 Å². The molecule has 1 saturated heterocycles. The van der Waals surface area contributed by atoms with Crippen LogP contribution in [0.1, 0.15) is 12.8 Å². The number of anilines is 2. The molecule has 4 rings (SSSR count). The first-order valence-corrected chi connectivity index (χ1v) is 8.65. The van der Waals surface area contributed by atoms with Crippen molar-refractivity contribution in [3.63, 3.8) is 0 Å². The quantitative estimate of drug-likeness (QED) is 0.772. The van der Waals surface area contributed by atoms with E-state index in [0.717, 1.165) is 37.2 Å². The molecule has 0 radical (unpaired) electrons. The van der Waals surface area contributed by atoms with Gasteiger partial charge < -0.3 is 14.7 Å². The molecule has 0 aliphatic carbocycles. The van der Waals surface area contributed by atoms with Crippen LogP contribution in [0.25, 0.3) is 11.4 Å². The number of benzene rings is 1. The molecular weight excluding hydrogens is 340 g/mol. The highest BCUT2D eigenvalue weighted by Gasteiger charge is 2.22. The van der Waals surface area contributed by atoms with Gasteiger partial charge in [-0.05, 0) is 25.0 Å². The molecule has 1 atom stereocenters. The summed E-state index contributed by atoms with van der Waals surface area (Å²) in [5.74, 6) is 0.532. The zero-order valence-corrected chi connectivity index (χ0v) is 14.6. The number of aryl methyl sites for hydroxylation is 1. The largest absolute Gasteiger partial charge is 0.367 e. The number of nitrogens with one attached hydrogen (secondary N) is 1. The van der Waals surface area contributed by atoms with Crippen molar-refractivity contribution in [1.29, 1.82) is 0 Å². The minimum Gasteiger partial charge on any atom is -0.367 e. The van der Waals surface area contributed by atoms with Crippen LogP contribution in [-0.4, -0.2) is 39.1 Å². The lowest BCUT2D eigenvalue weighted by atomic mass is 10.1. The summed E-state index contributed by atoms with van der Waals surface area (Å²) in [6.45, 7) is 1.90. The molecule has 3 aromatic rings. The fourth-order valence-corrected chi connectivity index (χ4v) is 3.29. The van der Waals surface area contributed by atoms with Gasteiger partial charge in [-0.2, -0.15) is 10.1 Å². The lowest BCUT2D eigenvalue weighted by Crippen LogP contribution is -2.42. The highest BCUT2D eigenvalue weighted by Crippen LogP contribution is 2.24. The Balaban J connectivity index is 1.43. The molecule has 25 heavy (non-hydrogen) atoms. The van der Waals surface area contributed by atoms with E-state index >= 15 is 0 Å². The minimum absolute atomic E-state index is 0.251. The summed E-state index contributed by atoms with van der Waals surface area (Å²) in [4.78, 5) is 6.76. The van der Waals surface area contributed by atoms with Gasteiger partial charge in [0.05, 0.1) is 11.9 Å². The van der Waals surface area contributed by atoms with Crippen LogP contribution in [0.3, 0.4) is 0 Å². The van der Waals surface area contributed by atoms with Crippen molar-refractivity contribution >= 4 is 23.3 Å². The monoisotopic (exact) mass is 358 g/mol. The van der Waals surface area contributed by atoms with E-state index in [-0.39, 0.29) is 6.04 Å². The van der Waals surface area contributed by atoms with E-state index in [0.29, 0.717) is 16.9 Å². The maximum Gasteiger partial charge on any atom is 0.322 e. The molecule has 8 heteroatoms. The smallest absolute Gasteiger partial charge is 0.322 e. The second-order valence-corrected chi connectivity index (χ2v) is 6.67. The predicted molar refractivity (Wildman–Crippen MR) is 96.8 cm³/mol. The zero-order chi connectivity index (χ0) is 17.2. The first kappa shape index (κ1) is 16.0. The van der Waals surface area contributed by atoms with Crippen molar-refractivity contribution in [2.24, 2.45) is 7.05 Å². The molecule has 0 bridgehead atoms. The molecule has 1 aliphatic rings. The Kier molecular flexibility index (Phi) is 4.31. The number of piperidine rings is 1. The minimum atomic E-state index is 0.251. The van der Waals surface area contributed by atoms with Crippen LogP contribution in [0.15, 0.2) is 41.2 Å². The SMILES string of the molecule is Cn1cc(N2CCCC(Nc3nc(-c4cccc(Cl)c4)no3)C2)cn1. The maximum atomic E-state index is 6.02. The fourth-order valence-electron chi connectivity index (χ4n) is 3.10. The van der Waals surface area contributed by atoms with Crippen LogP contribution < -0.4 is 10.2 Å². The molecule has 3 heterocycles. The zero-order valence-electron chi connectivity index (χ0n) is 13.9. The van der Waals surface area contributed by atoms with Crippen molar-refractivity contribution in [3.05, 3.63) is 41.7 Å². The molecule has 1 aromatic carbocycles. The third kappa shape index (κ3) is 3.61. The van der Waals surface area contributed by atoms with Gasteiger partial charge in [-0.3, -0.25) is 4.68 Å². The molecule has 0 saturated carbocycles. The Labute approximate surface area is 150 Å². The normalized spacial score (nSPS) is 17.7. The first-order valence-electron chi connectivity index (χ1n) is 8.27. The summed E-state index contributed by atoms with van der Waals surface area (Å²) in [6, 6.07) is 8.11. The topological polar surface area (TPSA) is 72.0 Å². The van der Waals surface area contributed by atoms with Crippen molar-refractivity contribution in [1.82, 2.24) is 19.9 Å². The Hall–Kier alpha value is -2.54. The molecule has 0 amide bonds. The highest BCUT2D eigenvalue weighted by atomic mass is 35.5. The van der Waals surface area contributed by atoms with Gasteiger partial charge in [-0.25, -0.2) is 0 Å². The second-order valence-electron chi connectivity index (χ2n) is 6.24. The van der Waals surface area contributed by atoms with Crippen LogP contribution in [0.2, 0.25) is 5.02 Å². The molecule has 1 N–H and O–H groups in total. The van der Waals surface area contributed by atoms with E-state index in [9.17, 15) is 0 Å². The van der Waals surface area contributed by atoms with Gasteiger partial charge in [0.25, 0.3) is 0 Å². The summed E-state index contributed by atoms with van der Waals surface area (Å²) in [7, 11) is 1.93. The van der Waals surface area contributed by atoms with Gasteiger partial charge in [0, 0.05) is 43.0 Å². The highest BCUT2D eigenvalue weighted by molar-refractivity contribution is 6.30. The molecule has 7 nitrogen and oxygen atoms in total. The fraction of sp³-hybridized carbons (Fsp3) is 0.353. The Morgan fingerprint density at radius 1 is 1.36 bits per heavy atom. The molecule has 130 valence electrons. The van der Waals surface area contributed by atoms with Crippen LogP contribution in [0.4, 0.5) is 11.7 Å². The second kappa shape index (κ2) is 6.76. The standard InChI is InChI=1S/C17H19ClN6O/c1-23-11-15(9-19-23)24-7-3-6-14(10-24)20-17-21-16(22-25-17)12-4-2-5-13(18)8-12/h2,4-5,8-9,11,14H,3,6-7,10H2,1H3,(H,20,21,22). The molecule has 1 aliphatic heterocycles. The number of nitrogens with zero attached hydrogens (tertiary/aromatic N) is 5. The van der Waals surface area contributed by atoms with E-state index in [1.54, 1.807) is 0 Å². The average Bonchev–Trinajstić information content (AvgIpc) is 3.24.